The van der Waals surface area contributed by atoms with Crippen molar-refractivity contribution in [2.24, 2.45) is 0 Å². The summed E-state index contributed by atoms with van der Waals surface area (Å²) in [5.74, 6) is -0.242. The van der Waals surface area contributed by atoms with Gasteiger partial charge in [-0.25, -0.2) is 0 Å². The van der Waals surface area contributed by atoms with Crippen LogP contribution < -0.4 is 10.1 Å². The molecule has 34 heavy (non-hydrogen) atoms. The van der Waals surface area contributed by atoms with E-state index in [1.165, 1.54) is 0 Å². The van der Waals surface area contributed by atoms with E-state index in [2.05, 4.69) is 14.9 Å². The molecule has 1 saturated heterocycles. The van der Waals surface area contributed by atoms with E-state index in [-0.39, 0.29) is 11.4 Å². The van der Waals surface area contributed by atoms with Crippen LogP contribution in [0, 0.1) is 13.8 Å². The van der Waals surface area contributed by atoms with Crippen molar-refractivity contribution in [2.75, 3.05) is 18.5 Å². The number of thioether (sulfide) groups is 1. The third-order valence-electron chi connectivity index (χ3n) is 5.30. The second kappa shape index (κ2) is 9.96. The van der Waals surface area contributed by atoms with Gasteiger partial charge in [-0.15, -0.1) is 0 Å². The fraction of sp³-hybridized carbons (Fsp3) is 0.200. The average Bonchev–Trinajstić information content (AvgIpc) is 3.25. The third kappa shape index (κ3) is 4.89. The van der Waals surface area contributed by atoms with E-state index in [1.807, 2.05) is 39.0 Å². The van der Waals surface area contributed by atoms with Crippen molar-refractivity contribution < 1.29 is 19.1 Å². The number of anilines is 1. The highest BCUT2D eigenvalue weighted by molar-refractivity contribution is 8.18. The number of imide groups is 1. The van der Waals surface area contributed by atoms with Crippen LogP contribution in [0.25, 0.3) is 11.8 Å². The van der Waals surface area contributed by atoms with E-state index in [9.17, 15) is 14.4 Å². The molecular weight excluding hydrogens is 452 g/mol. The number of pyridine rings is 1. The molecule has 1 aromatic carbocycles. The highest BCUT2D eigenvalue weighted by atomic mass is 32.2. The molecule has 2 aromatic heterocycles. The molecule has 8 nitrogen and oxygen atoms in total. The minimum absolute atomic E-state index is 0.286. The molecule has 0 radical (unpaired) electrons. The maximum absolute atomic E-state index is 12.9. The van der Waals surface area contributed by atoms with Gasteiger partial charge in [-0.2, -0.15) is 0 Å². The van der Waals surface area contributed by atoms with E-state index in [0.717, 1.165) is 39.3 Å². The first-order valence-electron chi connectivity index (χ1n) is 10.7. The fourth-order valence-corrected chi connectivity index (χ4v) is 4.58. The molecule has 1 aliphatic rings. The van der Waals surface area contributed by atoms with Crippen molar-refractivity contribution in [1.82, 2.24) is 14.5 Å². The molecule has 0 unspecified atom stereocenters. The molecule has 3 amide bonds. The van der Waals surface area contributed by atoms with Crippen LogP contribution in [0.15, 0.2) is 59.8 Å². The lowest BCUT2D eigenvalue weighted by Crippen LogP contribution is -2.36. The van der Waals surface area contributed by atoms with Gasteiger partial charge in [0.05, 0.1) is 11.5 Å². The summed E-state index contributed by atoms with van der Waals surface area (Å²) < 4.78 is 7.44. The van der Waals surface area contributed by atoms with Crippen molar-refractivity contribution in [3.05, 3.63) is 76.7 Å². The Balaban J connectivity index is 1.47. The Morgan fingerprint density at radius 1 is 1.12 bits per heavy atom. The largest absolute Gasteiger partial charge is 0.494 e. The summed E-state index contributed by atoms with van der Waals surface area (Å²) in [6.45, 7) is 6.01. The van der Waals surface area contributed by atoms with Gasteiger partial charge in [0.1, 0.15) is 12.3 Å². The highest BCUT2D eigenvalue weighted by Gasteiger charge is 2.36. The topological polar surface area (TPSA) is 93.5 Å². The summed E-state index contributed by atoms with van der Waals surface area (Å²) in [5, 5.41) is 2.23. The lowest BCUT2D eigenvalue weighted by atomic mass is 10.2. The van der Waals surface area contributed by atoms with Gasteiger partial charge in [0.15, 0.2) is 0 Å². The van der Waals surface area contributed by atoms with E-state index in [4.69, 9.17) is 4.74 Å². The Morgan fingerprint density at radius 2 is 1.82 bits per heavy atom. The fourth-order valence-electron chi connectivity index (χ4n) is 3.75. The zero-order chi connectivity index (χ0) is 24.2. The van der Waals surface area contributed by atoms with Gasteiger partial charge >= 0.3 is 0 Å². The Kier molecular flexibility index (Phi) is 6.83. The Bertz CT molecular complexity index is 1270. The smallest absolute Gasteiger partial charge is 0.294 e. The van der Waals surface area contributed by atoms with Crippen LogP contribution in [-0.4, -0.2) is 44.7 Å². The number of hydrogen-bond donors (Lipinski definition) is 1. The predicted molar refractivity (Wildman–Crippen MR) is 132 cm³/mol. The van der Waals surface area contributed by atoms with E-state index in [0.29, 0.717) is 18.0 Å². The first-order chi connectivity index (χ1) is 16.4. The van der Waals surface area contributed by atoms with Crippen LogP contribution in [-0.2, 0) is 9.59 Å². The monoisotopic (exact) mass is 476 g/mol. The molecule has 4 rings (SSSR count). The lowest BCUT2D eigenvalue weighted by Gasteiger charge is -2.12. The number of hydrogen-bond acceptors (Lipinski definition) is 6. The number of rotatable bonds is 7. The highest BCUT2D eigenvalue weighted by Crippen LogP contribution is 2.33. The number of aryl methyl sites for hydroxylation is 1. The van der Waals surface area contributed by atoms with Gasteiger partial charge in [-0.1, -0.05) is 0 Å². The number of carbonyl (C=O) groups excluding carboxylic acids is 3. The molecule has 174 valence electrons. The predicted octanol–water partition coefficient (Wildman–Crippen LogP) is 4.56. The summed E-state index contributed by atoms with van der Waals surface area (Å²) >= 11 is 0.835. The van der Waals surface area contributed by atoms with Crippen molar-refractivity contribution >= 4 is 40.6 Å². The Hall–Kier alpha value is -3.85. The summed E-state index contributed by atoms with van der Waals surface area (Å²) in [6.07, 6.45) is 5.14. The SMILES string of the molecule is CCOc1ccc(NC(=O)CN2C(=O)S/C(=C\c3cc(C)n(-c4ccncc4)c3C)C2=O)cc1. The quantitative estimate of drug-likeness (QED) is 0.503. The molecule has 1 fully saturated rings. The van der Waals surface area contributed by atoms with Crippen LogP contribution in [0.3, 0.4) is 0 Å². The zero-order valence-corrected chi connectivity index (χ0v) is 19.9. The number of ether oxygens (including phenoxy) is 1. The van der Waals surface area contributed by atoms with Gasteiger partial charge in [-0.3, -0.25) is 24.3 Å². The molecule has 3 heterocycles. The van der Waals surface area contributed by atoms with Gasteiger partial charge < -0.3 is 14.6 Å². The van der Waals surface area contributed by atoms with Gasteiger partial charge in [0, 0.05) is 35.2 Å². The zero-order valence-electron chi connectivity index (χ0n) is 19.1. The Morgan fingerprint density at radius 3 is 2.50 bits per heavy atom. The van der Waals surface area contributed by atoms with Crippen molar-refractivity contribution in [2.45, 2.75) is 20.8 Å². The maximum atomic E-state index is 12.9. The summed E-state index contributed by atoms with van der Waals surface area (Å²) in [4.78, 5) is 43.2. The maximum Gasteiger partial charge on any atom is 0.294 e. The van der Waals surface area contributed by atoms with E-state index in [1.54, 1.807) is 42.7 Å². The number of nitrogens with zero attached hydrogens (tertiary/aromatic N) is 3. The second-order valence-corrected chi connectivity index (χ2v) is 8.63. The summed E-state index contributed by atoms with van der Waals surface area (Å²) in [7, 11) is 0. The van der Waals surface area contributed by atoms with Gasteiger partial charge in [0.2, 0.25) is 5.91 Å². The number of benzene rings is 1. The summed E-state index contributed by atoms with van der Waals surface area (Å²) in [5.41, 5.74) is 4.27. The molecular formula is C25H24N4O4S. The molecule has 9 heteroatoms. The normalized spacial score (nSPS) is 14.7. The Labute approximate surface area is 201 Å². The lowest BCUT2D eigenvalue weighted by molar-refractivity contribution is -0.127. The minimum atomic E-state index is -0.481. The number of nitrogens with one attached hydrogen (secondary N) is 1. The molecule has 0 spiro atoms. The molecule has 3 aromatic rings. The number of amides is 3. The minimum Gasteiger partial charge on any atom is -0.494 e. The first-order valence-corrected chi connectivity index (χ1v) is 11.6. The molecule has 0 bridgehead atoms. The molecule has 1 aliphatic heterocycles. The van der Waals surface area contributed by atoms with Crippen LogP contribution in [0.4, 0.5) is 10.5 Å². The standard InChI is InChI=1S/C25H24N4O4S/c1-4-33-21-7-5-19(6-8-21)27-23(30)15-28-24(31)22(34-25(28)32)14-18-13-16(2)29(17(18)3)20-9-11-26-12-10-20/h5-14H,4,15H2,1-3H3,(H,27,30)/b22-14-. The van der Waals surface area contributed by atoms with Gasteiger partial charge in [0.25, 0.3) is 11.1 Å². The van der Waals surface area contributed by atoms with Crippen LogP contribution >= 0.6 is 11.8 Å². The van der Waals surface area contributed by atoms with E-state index < -0.39 is 17.1 Å². The first kappa shape index (κ1) is 23.3. The third-order valence-corrected chi connectivity index (χ3v) is 6.21. The van der Waals surface area contributed by atoms with E-state index >= 15 is 0 Å². The second-order valence-electron chi connectivity index (χ2n) is 7.64. The molecule has 1 N–H and O–H groups in total. The number of carbonyl (C=O) groups is 3. The average molecular weight is 477 g/mol. The molecule has 0 atom stereocenters. The van der Waals surface area contributed by atoms with Gasteiger partial charge in [-0.05, 0) is 86.6 Å². The van der Waals surface area contributed by atoms with Crippen molar-refractivity contribution in [3.8, 4) is 11.4 Å². The van der Waals surface area contributed by atoms with Crippen LogP contribution in [0.5, 0.6) is 5.75 Å². The molecule has 0 saturated carbocycles. The van der Waals surface area contributed by atoms with Crippen molar-refractivity contribution in [1.29, 1.82) is 0 Å². The number of aromatic nitrogens is 2. The van der Waals surface area contributed by atoms with Crippen molar-refractivity contribution in [3.63, 3.8) is 0 Å². The summed E-state index contributed by atoms with van der Waals surface area (Å²) in [6, 6.07) is 12.7. The van der Waals surface area contributed by atoms with Crippen LogP contribution in [0.1, 0.15) is 23.9 Å². The van der Waals surface area contributed by atoms with Crippen LogP contribution in [0.2, 0.25) is 0 Å². The molecule has 0 aliphatic carbocycles.